The van der Waals surface area contributed by atoms with Crippen molar-refractivity contribution in [3.05, 3.63) is 46.5 Å². The van der Waals surface area contributed by atoms with Gasteiger partial charge in [0.1, 0.15) is 0 Å². The van der Waals surface area contributed by atoms with Crippen LogP contribution in [0.2, 0.25) is 0 Å². The van der Waals surface area contributed by atoms with Crippen molar-refractivity contribution in [1.82, 2.24) is 4.90 Å². The molecule has 1 atom stereocenters. The quantitative estimate of drug-likeness (QED) is 0.622. The third-order valence-corrected chi connectivity index (χ3v) is 5.64. The zero-order chi connectivity index (χ0) is 21.1. The van der Waals surface area contributed by atoms with Crippen LogP contribution in [0.4, 0.5) is 4.79 Å². The molecular weight excluding hydrogens is 356 g/mol. The molecule has 1 unspecified atom stereocenters. The summed E-state index contributed by atoms with van der Waals surface area (Å²) < 4.78 is 4.95. The molecule has 1 aliphatic heterocycles. The second-order valence-electron chi connectivity index (χ2n) is 8.03. The maximum Gasteiger partial charge on any atom is 0.408 e. The molecule has 0 aromatic heterocycles. The van der Waals surface area contributed by atoms with Gasteiger partial charge in [-0.25, -0.2) is 9.59 Å². The smallest absolute Gasteiger partial charge is 0.408 e. The number of rotatable bonds is 4. The first-order valence-electron chi connectivity index (χ1n) is 9.47. The van der Waals surface area contributed by atoms with Gasteiger partial charge in [-0.05, 0) is 54.9 Å². The van der Waals surface area contributed by atoms with Gasteiger partial charge in [0.25, 0.3) is 0 Å². The number of fused-ring (bicyclic) bond motifs is 1. The molecule has 6 nitrogen and oxygen atoms in total. The van der Waals surface area contributed by atoms with E-state index in [1.54, 1.807) is 19.1 Å². The van der Waals surface area contributed by atoms with E-state index < -0.39 is 23.0 Å². The van der Waals surface area contributed by atoms with Gasteiger partial charge in [-0.15, -0.1) is 0 Å². The maximum atomic E-state index is 12.2. The fourth-order valence-electron chi connectivity index (χ4n) is 4.26. The highest BCUT2D eigenvalue weighted by Gasteiger charge is 2.52. The maximum absolute atomic E-state index is 12.2. The molecule has 0 radical (unpaired) electrons. The highest BCUT2D eigenvalue weighted by molar-refractivity contribution is 5.81. The molecule has 0 saturated carbocycles. The van der Waals surface area contributed by atoms with E-state index in [9.17, 15) is 20.0 Å². The van der Waals surface area contributed by atoms with Gasteiger partial charge in [0, 0.05) is 12.6 Å². The minimum atomic E-state index is -0.993. The number of benzene rings is 1. The molecule has 2 rings (SSSR count). The summed E-state index contributed by atoms with van der Waals surface area (Å²) in [6.45, 7) is 10.3. The van der Waals surface area contributed by atoms with Crippen LogP contribution in [0.1, 0.15) is 56.4 Å². The summed E-state index contributed by atoms with van der Waals surface area (Å²) in [5, 5.41) is 19.4. The van der Waals surface area contributed by atoms with Crippen molar-refractivity contribution < 1.29 is 19.4 Å². The molecule has 1 heterocycles. The summed E-state index contributed by atoms with van der Waals surface area (Å²) >= 11 is 0. The van der Waals surface area contributed by atoms with Crippen LogP contribution < -0.4 is 0 Å². The van der Waals surface area contributed by atoms with Gasteiger partial charge < -0.3 is 9.84 Å². The van der Waals surface area contributed by atoms with Crippen LogP contribution in [0.3, 0.4) is 0 Å². The molecular formula is C22H28N2O4. The van der Waals surface area contributed by atoms with Crippen LogP contribution in [0.25, 0.3) is 0 Å². The van der Waals surface area contributed by atoms with Gasteiger partial charge in [0.15, 0.2) is 0 Å². The number of amides is 1. The van der Waals surface area contributed by atoms with E-state index in [0.29, 0.717) is 24.9 Å². The SMILES string of the molecule is CCOC(=O)/C=C/CC1(C(C)(C)C)c2ccc(C#N)c(C)c2CCN1C(=O)O. The predicted octanol–water partition coefficient (Wildman–Crippen LogP) is 4.15. The third-order valence-electron chi connectivity index (χ3n) is 5.64. The summed E-state index contributed by atoms with van der Waals surface area (Å²) in [5.74, 6) is -0.444. The third kappa shape index (κ3) is 3.62. The van der Waals surface area contributed by atoms with Gasteiger partial charge >= 0.3 is 12.1 Å². The van der Waals surface area contributed by atoms with Crippen LogP contribution in [-0.2, 0) is 21.5 Å². The van der Waals surface area contributed by atoms with Crippen molar-refractivity contribution in [3.8, 4) is 6.07 Å². The van der Waals surface area contributed by atoms with Gasteiger partial charge in [-0.1, -0.05) is 32.9 Å². The second-order valence-corrected chi connectivity index (χ2v) is 8.03. The Morgan fingerprint density at radius 1 is 1.39 bits per heavy atom. The zero-order valence-corrected chi connectivity index (χ0v) is 17.2. The number of nitriles is 1. The Morgan fingerprint density at radius 3 is 2.61 bits per heavy atom. The number of ether oxygens (including phenoxy) is 1. The predicted molar refractivity (Wildman–Crippen MR) is 106 cm³/mol. The molecule has 1 aromatic carbocycles. The van der Waals surface area contributed by atoms with Crippen LogP contribution in [-0.4, -0.2) is 35.2 Å². The molecule has 1 amide bonds. The van der Waals surface area contributed by atoms with E-state index in [4.69, 9.17) is 4.74 Å². The summed E-state index contributed by atoms with van der Waals surface area (Å²) in [6.07, 6.45) is 2.96. The summed E-state index contributed by atoms with van der Waals surface area (Å²) in [5.41, 5.74) is 2.10. The number of hydrogen-bond donors (Lipinski definition) is 1. The van der Waals surface area contributed by atoms with E-state index in [2.05, 4.69) is 6.07 Å². The molecule has 0 fully saturated rings. The van der Waals surface area contributed by atoms with Crippen molar-refractivity contribution in [3.63, 3.8) is 0 Å². The Hall–Kier alpha value is -2.81. The number of carbonyl (C=O) groups is 2. The molecule has 1 aliphatic rings. The van der Waals surface area contributed by atoms with Crippen LogP contribution in [0.15, 0.2) is 24.3 Å². The lowest BCUT2D eigenvalue weighted by Gasteiger charge is -2.54. The minimum Gasteiger partial charge on any atom is -0.465 e. The Bertz CT molecular complexity index is 845. The first kappa shape index (κ1) is 21.5. The van der Waals surface area contributed by atoms with Crippen molar-refractivity contribution in [1.29, 1.82) is 5.26 Å². The molecule has 28 heavy (non-hydrogen) atoms. The van der Waals surface area contributed by atoms with Crippen molar-refractivity contribution >= 4 is 12.1 Å². The number of carboxylic acid groups (broad SMARTS) is 1. The Labute approximate surface area is 166 Å². The highest BCUT2D eigenvalue weighted by Crippen LogP contribution is 2.51. The van der Waals surface area contributed by atoms with E-state index in [-0.39, 0.29) is 6.61 Å². The topological polar surface area (TPSA) is 90.6 Å². The summed E-state index contributed by atoms with van der Waals surface area (Å²) in [6, 6.07) is 5.85. The first-order valence-corrected chi connectivity index (χ1v) is 9.47. The van der Waals surface area contributed by atoms with Gasteiger partial charge in [0.2, 0.25) is 0 Å². The number of carbonyl (C=O) groups excluding carboxylic acids is 1. The molecule has 0 bridgehead atoms. The molecule has 1 N–H and O–H groups in total. The van der Waals surface area contributed by atoms with Crippen molar-refractivity contribution in [2.75, 3.05) is 13.2 Å². The molecule has 0 aliphatic carbocycles. The molecule has 6 heteroatoms. The highest BCUT2D eigenvalue weighted by atomic mass is 16.5. The Balaban J connectivity index is 2.69. The number of esters is 1. The fraction of sp³-hybridized carbons (Fsp3) is 0.500. The van der Waals surface area contributed by atoms with Gasteiger partial charge in [-0.3, -0.25) is 4.90 Å². The lowest BCUT2D eigenvalue weighted by Crippen LogP contribution is -2.59. The van der Waals surface area contributed by atoms with Gasteiger partial charge in [0.05, 0.1) is 23.8 Å². The monoisotopic (exact) mass is 384 g/mol. The molecule has 0 spiro atoms. The van der Waals surface area contributed by atoms with Crippen LogP contribution >= 0.6 is 0 Å². The first-order chi connectivity index (χ1) is 13.1. The van der Waals surface area contributed by atoms with E-state index in [0.717, 1.165) is 16.7 Å². The summed E-state index contributed by atoms with van der Waals surface area (Å²) in [7, 11) is 0. The van der Waals surface area contributed by atoms with E-state index in [1.165, 1.54) is 11.0 Å². The van der Waals surface area contributed by atoms with E-state index in [1.807, 2.05) is 33.8 Å². The Kier molecular flexibility index (Phi) is 6.18. The lowest BCUT2D eigenvalue weighted by atomic mass is 9.63. The molecule has 150 valence electrons. The van der Waals surface area contributed by atoms with Crippen molar-refractivity contribution in [2.45, 2.75) is 53.0 Å². The van der Waals surface area contributed by atoms with Crippen LogP contribution in [0, 0.1) is 23.7 Å². The summed E-state index contributed by atoms with van der Waals surface area (Å²) in [4.78, 5) is 25.4. The van der Waals surface area contributed by atoms with E-state index >= 15 is 0 Å². The normalized spacial score (nSPS) is 19.2. The Morgan fingerprint density at radius 2 is 2.07 bits per heavy atom. The fourth-order valence-corrected chi connectivity index (χ4v) is 4.26. The number of hydrogen-bond acceptors (Lipinski definition) is 4. The average Bonchev–Trinajstić information content (AvgIpc) is 2.61. The number of nitrogens with zero attached hydrogens (tertiary/aromatic N) is 2. The van der Waals surface area contributed by atoms with Crippen molar-refractivity contribution in [2.24, 2.45) is 5.41 Å². The average molecular weight is 384 g/mol. The second kappa shape index (κ2) is 8.05. The lowest BCUT2D eigenvalue weighted by molar-refractivity contribution is -0.137. The standard InChI is InChI=1S/C22H28N2O4/c1-6-28-19(25)8-7-12-22(21(3,4)5)18-10-9-16(14-23)15(2)17(18)11-13-24(22)20(26)27/h7-10H,6,11-13H2,1-5H3,(H,26,27)/b8-7+. The molecule has 1 aromatic rings. The minimum absolute atomic E-state index is 0.286. The van der Waals surface area contributed by atoms with Gasteiger partial charge in [-0.2, -0.15) is 5.26 Å². The zero-order valence-electron chi connectivity index (χ0n) is 17.2. The molecule has 0 saturated heterocycles. The van der Waals surface area contributed by atoms with Crippen LogP contribution in [0.5, 0.6) is 0 Å². The largest absolute Gasteiger partial charge is 0.465 e.